The molecular weight excluding hydrogens is 510 g/mol. The zero-order valence-corrected chi connectivity index (χ0v) is 19.4. The number of halogens is 3. The van der Waals surface area contributed by atoms with E-state index in [1.54, 1.807) is 36.8 Å². The van der Waals surface area contributed by atoms with Gasteiger partial charge in [-0.1, -0.05) is 39.8 Å². The molecule has 0 bridgehead atoms. The molecule has 33 heavy (non-hydrogen) atoms. The minimum absolute atomic E-state index is 0.131. The molecule has 0 saturated heterocycles. The Morgan fingerprint density at radius 1 is 1.18 bits per heavy atom. The maximum absolute atomic E-state index is 14.3. The third-order valence-electron chi connectivity index (χ3n) is 5.18. The molecule has 2 aliphatic heterocycles. The Morgan fingerprint density at radius 2 is 2.06 bits per heavy atom. The molecular formula is C23H17BrF2N6S. The third kappa shape index (κ3) is 4.23. The van der Waals surface area contributed by atoms with Gasteiger partial charge in [-0.2, -0.15) is 0 Å². The van der Waals surface area contributed by atoms with Gasteiger partial charge < -0.3 is 16.0 Å². The molecule has 5 rings (SSSR count). The molecule has 0 saturated carbocycles. The molecule has 0 radical (unpaired) electrons. The van der Waals surface area contributed by atoms with Crippen molar-refractivity contribution in [2.24, 2.45) is 9.98 Å². The van der Waals surface area contributed by atoms with Gasteiger partial charge in [0.2, 0.25) is 0 Å². The maximum Gasteiger partial charge on any atom is 0.161 e. The fourth-order valence-corrected chi connectivity index (χ4v) is 5.10. The van der Waals surface area contributed by atoms with Crippen molar-refractivity contribution in [2.45, 2.75) is 11.4 Å². The van der Waals surface area contributed by atoms with Crippen molar-refractivity contribution in [2.75, 3.05) is 5.32 Å². The summed E-state index contributed by atoms with van der Waals surface area (Å²) in [5.41, 5.74) is 3.20. The van der Waals surface area contributed by atoms with Crippen LogP contribution in [-0.4, -0.2) is 22.1 Å². The minimum atomic E-state index is -0.715. The highest BCUT2D eigenvalue weighted by molar-refractivity contribution is 9.10. The smallest absolute Gasteiger partial charge is 0.161 e. The Hall–Kier alpha value is -3.24. The number of thioether (sulfide) groups is 1. The van der Waals surface area contributed by atoms with Gasteiger partial charge in [0.1, 0.15) is 16.7 Å². The molecule has 1 spiro atoms. The number of hydrogen-bond acceptors (Lipinski definition) is 6. The first kappa shape index (κ1) is 21.6. The SMILES string of the molecule is N=C(NCc1cccc(F)c1)C1=NC2=CC(Nc3ccc(Br)cc3F)=CC3=CN=CNC32S1. The molecule has 1 unspecified atom stereocenters. The highest BCUT2D eigenvalue weighted by Gasteiger charge is 2.47. The molecule has 0 fully saturated rings. The van der Waals surface area contributed by atoms with E-state index in [4.69, 9.17) is 5.41 Å². The molecule has 4 N–H and O–H groups in total. The summed E-state index contributed by atoms with van der Waals surface area (Å²) in [7, 11) is 0. The van der Waals surface area contributed by atoms with Crippen molar-refractivity contribution < 1.29 is 8.78 Å². The molecule has 0 aromatic heterocycles. The highest BCUT2D eigenvalue weighted by Crippen LogP contribution is 2.48. The number of benzene rings is 2. The molecule has 6 nitrogen and oxygen atoms in total. The van der Waals surface area contributed by atoms with E-state index in [2.05, 4.69) is 41.9 Å². The van der Waals surface area contributed by atoms with Crippen molar-refractivity contribution in [1.29, 1.82) is 5.41 Å². The zero-order chi connectivity index (χ0) is 23.0. The van der Waals surface area contributed by atoms with E-state index in [1.807, 2.05) is 12.2 Å². The van der Waals surface area contributed by atoms with Crippen molar-refractivity contribution in [3.05, 3.63) is 99.5 Å². The van der Waals surface area contributed by atoms with Gasteiger partial charge in [-0.3, -0.25) is 5.41 Å². The lowest BCUT2D eigenvalue weighted by Crippen LogP contribution is -2.46. The van der Waals surface area contributed by atoms with Crippen LogP contribution in [0.25, 0.3) is 0 Å². The van der Waals surface area contributed by atoms with E-state index >= 15 is 0 Å². The minimum Gasteiger partial charge on any atom is -0.364 e. The van der Waals surface area contributed by atoms with Gasteiger partial charge in [-0.05, 0) is 48.0 Å². The second-order valence-electron chi connectivity index (χ2n) is 7.44. The van der Waals surface area contributed by atoms with Gasteiger partial charge in [0, 0.05) is 28.5 Å². The predicted octanol–water partition coefficient (Wildman–Crippen LogP) is 5.04. The van der Waals surface area contributed by atoms with E-state index in [0.29, 0.717) is 33.1 Å². The number of amidine groups is 1. The van der Waals surface area contributed by atoms with Crippen LogP contribution in [0.3, 0.4) is 0 Å². The first-order valence-corrected chi connectivity index (χ1v) is 11.5. The second kappa shape index (κ2) is 8.60. The van der Waals surface area contributed by atoms with Crippen LogP contribution in [-0.2, 0) is 6.54 Å². The first-order chi connectivity index (χ1) is 15.9. The number of anilines is 1. The van der Waals surface area contributed by atoms with Crippen LogP contribution in [0, 0.1) is 17.0 Å². The van der Waals surface area contributed by atoms with Crippen LogP contribution in [0.5, 0.6) is 0 Å². The molecule has 2 aromatic rings. The summed E-state index contributed by atoms with van der Waals surface area (Å²) in [5, 5.41) is 18.3. The standard InChI is InChI=1S/C23H17BrF2N6S/c24-15-4-5-19(18(26)8-15)31-17-7-14-11-28-12-30-23(14)20(9-17)32-22(33-23)21(27)29-10-13-2-1-3-16(25)6-13/h1-9,11-12,31H,10H2,(H2,27,29)(H,28,30). The van der Waals surface area contributed by atoms with Gasteiger partial charge >= 0.3 is 0 Å². The van der Waals surface area contributed by atoms with Crippen LogP contribution in [0.4, 0.5) is 14.5 Å². The molecule has 10 heteroatoms. The largest absolute Gasteiger partial charge is 0.364 e. The van der Waals surface area contributed by atoms with Gasteiger partial charge in [-0.15, -0.1) is 0 Å². The lowest BCUT2D eigenvalue weighted by Gasteiger charge is -2.35. The van der Waals surface area contributed by atoms with Gasteiger partial charge in [0.15, 0.2) is 10.7 Å². The molecule has 166 valence electrons. The van der Waals surface area contributed by atoms with Crippen LogP contribution in [0.1, 0.15) is 5.56 Å². The van der Waals surface area contributed by atoms with Gasteiger partial charge in [-0.25, -0.2) is 18.8 Å². The fraction of sp³-hybridized carbons (Fsp3) is 0.0870. The van der Waals surface area contributed by atoms with Crippen LogP contribution in [0.15, 0.2) is 92.2 Å². The number of allylic oxidation sites excluding steroid dienone is 1. The maximum atomic E-state index is 14.3. The van der Waals surface area contributed by atoms with Crippen molar-refractivity contribution in [3.8, 4) is 0 Å². The summed E-state index contributed by atoms with van der Waals surface area (Å²) < 4.78 is 28.4. The number of rotatable bonds is 5. The van der Waals surface area contributed by atoms with Gasteiger partial charge in [0.25, 0.3) is 0 Å². The molecule has 2 aromatic carbocycles. The Morgan fingerprint density at radius 3 is 2.88 bits per heavy atom. The van der Waals surface area contributed by atoms with E-state index < -0.39 is 4.87 Å². The molecule has 2 heterocycles. The second-order valence-corrected chi connectivity index (χ2v) is 9.56. The lowest BCUT2D eigenvalue weighted by atomic mass is 9.96. The first-order valence-electron chi connectivity index (χ1n) is 9.94. The Balaban J connectivity index is 1.39. The summed E-state index contributed by atoms with van der Waals surface area (Å²) in [6, 6.07) is 11.0. The zero-order valence-electron chi connectivity index (χ0n) is 17.0. The summed E-state index contributed by atoms with van der Waals surface area (Å²) in [5.74, 6) is -0.578. The molecule has 1 aliphatic carbocycles. The Kier molecular flexibility index (Phi) is 5.63. The number of nitrogens with zero attached hydrogens (tertiary/aromatic N) is 2. The van der Waals surface area contributed by atoms with E-state index in [1.165, 1.54) is 30.0 Å². The van der Waals surface area contributed by atoms with Crippen LogP contribution in [0.2, 0.25) is 0 Å². The third-order valence-corrected chi connectivity index (χ3v) is 7.03. The van der Waals surface area contributed by atoms with Crippen molar-refractivity contribution >= 4 is 50.6 Å². The Bertz CT molecular complexity index is 1320. The van der Waals surface area contributed by atoms with Crippen molar-refractivity contribution in [1.82, 2.24) is 10.6 Å². The van der Waals surface area contributed by atoms with Crippen molar-refractivity contribution in [3.63, 3.8) is 0 Å². The summed E-state index contributed by atoms with van der Waals surface area (Å²) in [6.45, 7) is 0.299. The average Bonchev–Trinajstić information content (AvgIpc) is 3.16. The normalized spacial score (nSPS) is 20.5. The highest BCUT2D eigenvalue weighted by atomic mass is 79.9. The van der Waals surface area contributed by atoms with E-state index in [9.17, 15) is 8.78 Å². The summed E-state index contributed by atoms with van der Waals surface area (Å²) in [4.78, 5) is 8.16. The number of hydrogen-bond donors (Lipinski definition) is 4. The average molecular weight is 527 g/mol. The molecule has 1 atom stereocenters. The number of aliphatic imine (C=N–C) groups is 2. The quantitative estimate of drug-likeness (QED) is 0.324. The fourth-order valence-electron chi connectivity index (χ4n) is 3.61. The van der Waals surface area contributed by atoms with Crippen LogP contribution >= 0.6 is 27.7 Å². The molecule has 3 aliphatic rings. The topological polar surface area (TPSA) is 84.7 Å². The van der Waals surface area contributed by atoms with E-state index in [-0.39, 0.29) is 17.5 Å². The summed E-state index contributed by atoms with van der Waals surface area (Å²) >= 11 is 4.64. The lowest BCUT2D eigenvalue weighted by molar-refractivity contribution is 0.624. The predicted molar refractivity (Wildman–Crippen MR) is 132 cm³/mol. The monoisotopic (exact) mass is 526 g/mol. The number of nitrogens with one attached hydrogen (secondary N) is 4. The Labute approximate surface area is 201 Å². The van der Waals surface area contributed by atoms with Gasteiger partial charge in [0.05, 0.1) is 17.7 Å². The summed E-state index contributed by atoms with van der Waals surface area (Å²) in [6.07, 6.45) is 7.01. The van der Waals surface area contributed by atoms with Crippen LogP contribution < -0.4 is 16.0 Å². The van der Waals surface area contributed by atoms with E-state index in [0.717, 1.165) is 11.1 Å². The molecule has 0 amide bonds.